The van der Waals surface area contributed by atoms with Crippen molar-refractivity contribution in [2.45, 2.75) is 25.3 Å². The molecule has 1 N–H and O–H groups in total. The molecule has 0 atom stereocenters. The molecule has 1 aliphatic heterocycles. The maximum Gasteiger partial charge on any atom is 0.272 e. The van der Waals surface area contributed by atoms with Crippen LogP contribution in [-0.4, -0.2) is 22.8 Å². The van der Waals surface area contributed by atoms with Crippen molar-refractivity contribution in [3.05, 3.63) is 26.6 Å². The highest BCUT2D eigenvalue weighted by Gasteiger charge is 2.31. The molecule has 1 saturated heterocycles. The number of nitrogens with one attached hydrogen (secondary N) is 1. The monoisotopic (exact) mass is 282 g/mol. The van der Waals surface area contributed by atoms with Crippen LogP contribution in [0, 0.1) is 4.77 Å². The van der Waals surface area contributed by atoms with E-state index in [1.807, 2.05) is 11.4 Å². The molecule has 0 spiro atoms. The summed E-state index contributed by atoms with van der Waals surface area (Å²) in [4.78, 5) is 15.7. The van der Waals surface area contributed by atoms with Crippen LogP contribution in [0.25, 0.3) is 10.2 Å². The summed E-state index contributed by atoms with van der Waals surface area (Å²) in [6.45, 7) is 3.44. The Bertz CT molecular complexity index is 692. The lowest BCUT2D eigenvalue weighted by atomic mass is 9.92. The summed E-state index contributed by atoms with van der Waals surface area (Å²) in [5.41, 5.74) is 0.622. The van der Waals surface area contributed by atoms with E-state index in [2.05, 4.69) is 11.9 Å². The van der Waals surface area contributed by atoms with Gasteiger partial charge >= 0.3 is 0 Å². The number of nitrogens with zero attached hydrogens (tertiary/aromatic N) is 1. The second-order valence-corrected chi connectivity index (χ2v) is 6.15. The molecular formula is C12H14N2O2S2. The first-order valence-corrected chi connectivity index (χ1v) is 7.21. The van der Waals surface area contributed by atoms with Gasteiger partial charge in [0, 0.05) is 13.2 Å². The third kappa shape index (κ3) is 1.75. The topological polar surface area (TPSA) is 47.0 Å². The molecule has 2 aromatic heterocycles. The molecule has 1 aliphatic rings. The van der Waals surface area contributed by atoms with E-state index in [1.54, 1.807) is 4.57 Å². The van der Waals surface area contributed by atoms with Crippen molar-refractivity contribution in [1.82, 2.24) is 9.55 Å². The molecule has 0 aliphatic carbocycles. The summed E-state index contributed by atoms with van der Waals surface area (Å²) in [6.07, 6.45) is 1.64. The van der Waals surface area contributed by atoms with Gasteiger partial charge in [-0.15, -0.1) is 11.3 Å². The number of fused-ring (bicyclic) bond motifs is 1. The molecule has 0 aromatic carbocycles. The molecule has 3 heterocycles. The molecular weight excluding hydrogens is 268 g/mol. The molecule has 0 radical (unpaired) electrons. The van der Waals surface area contributed by atoms with Crippen LogP contribution >= 0.6 is 23.6 Å². The number of aromatic amines is 1. The van der Waals surface area contributed by atoms with E-state index in [0.717, 1.165) is 23.1 Å². The lowest BCUT2D eigenvalue weighted by Gasteiger charge is -2.35. The van der Waals surface area contributed by atoms with Gasteiger partial charge in [0.25, 0.3) is 5.56 Å². The van der Waals surface area contributed by atoms with Crippen molar-refractivity contribution >= 4 is 33.8 Å². The van der Waals surface area contributed by atoms with Crippen LogP contribution in [0.5, 0.6) is 0 Å². The molecule has 4 nitrogen and oxygen atoms in total. The van der Waals surface area contributed by atoms with Gasteiger partial charge in [0.15, 0.2) is 4.77 Å². The molecule has 0 saturated carbocycles. The van der Waals surface area contributed by atoms with E-state index in [4.69, 9.17) is 17.0 Å². The van der Waals surface area contributed by atoms with Crippen molar-refractivity contribution in [2.75, 3.05) is 13.2 Å². The minimum absolute atomic E-state index is 0.0214. The van der Waals surface area contributed by atoms with Crippen LogP contribution in [-0.2, 0) is 10.3 Å². The van der Waals surface area contributed by atoms with E-state index in [1.165, 1.54) is 11.3 Å². The van der Waals surface area contributed by atoms with Gasteiger partial charge in [-0.3, -0.25) is 9.36 Å². The fourth-order valence-electron chi connectivity index (χ4n) is 2.46. The van der Waals surface area contributed by atoms with Crippen LogP contribution in [0.1, 0.15) is 19.8 Å². The summed E-state index contributed by atoms with van der Waals surface area (Å²) in [5.74, 6) is 0. The first-order valence-electron chi connectivity index (χ1n) is 5.93. The molecule has 3 rings (SSSR count). The third-order valence-electron chi connectivity index (χ3n) is 3.62. The Kier molecular flexibility index (Phi) is 2.88. The smallest absolute Gasteiger partial charge is 0.272 e. The van der Waals surface area contributed by atoms with Crippen LogP contribution in [0.3, 0.4) is 0 Å². The fourth-order valence-corrected chi connectivity index (χ4v) is 3.65. The van der Waals surface area contributed by atoms with Crippen LogP contribution < -0.4 is 5.56 Å². The molecule has 0 unspecified atom stereocenters. The molecule has 1 fully saturated rings. The lowest BCUT2D eigenvalue weighted by Crippen LogP contribution is -2.43. The summed E-state index contributed by atoms with van der Waals surface area (Å²) in [6, 6.07) is 1.90. The average molecular weight is 282 g/mol. The highest BCUT2D eigenvalue weighted by atomic mass is 32.1. The minimum atomic E-state index is -0.235. The van der Waals surface area contributed by atoms with E-state index in [0.29, 0.717) is 18.0 Å². The molecule has 6 heteroatoms. The number of hydrogen-bond acceptors (Lipinski definition) is 4. The van der Waals surface area contributed by atoms with Gasteiger partial charge in [0.2, 0.25) is 0 Å². The summed E-state index contributed by atoms with van der Waals surface area (Å²) >= 11 is 6.81. The van der Waals surface area contributed by atoms with Gasteiger partial charge < -0.3 is 9.72 Å². The first-order chi connectivity index (χ1) is 8.62. The predicted molar refractivity (Wildman–Crippen MR) is 75.0 cm³/mol. The van der Waals surface area contributed by atoms with Crippen molar-refractivity contribution in [2.24, 2.45) is 0 Å². The molecule has 96 valence electrons. The second kappa shape index (κ2) is 4.29. The zero-order valence-corrected chi connectivity index (χ0v) is 11.7. The van der Waals surface area contributed by atoms with E-state index < -0.39 is 0 Å². The lowest BCUT2D eigenvalue weighted by molar-refractivity contribution is 0.0272. The van der Waals surface area contributed by atoms with Crippen molar-refractivity contribution in [1.29, 1.82) is 0 Å². The zero-order valence-electron chi connectivity index (χ0n) is 10.1. The maximum absolute atomic E-state index is 12.6. The normalized spacial score (nSPS) is 19.2. The number of H-pyrrole nitrogens is 1. The Morgan fingerprint density at radius 3 is 2.94 bits per heavy atom. The molecule has 2 aromatic rings. The van der Waals surface area contributed by atoms with Crippen molar-refractivity contribution in [3.63, 3.8) is 0 Å². The van der Waals surface area contributed by atoms with E-state index >= 15 is 0 Å². The highest BCUT2D eigenvalue weighted by molar-refractivity contribution is 7.71. The van der Waals surface area contributed by atoms with Crippen LogP contribution in [0.2, 0.25) is 0 Å². The Labute approximate surface area is 113 Å². The van der Waals surface area contributed by atoms with Gasteiger partial charge in [-0.05, 0) is 43.4 Å². The van der Waals surface area contributed by atoms with E-state index in [9.17, 15) is 4.79 Å². The van der Waals surface area contributed by atoms with Crippen LogP contribution in [0.4, 0.5) is 0 Å². The van der Waals surface area contributed by atoms with E-state index in [-0.39, 0.29) is 11.1 Å². The second-order valence-electron chi connectivity index (χ2n) is 4.84. The number of thiophene rings is 1. The van der Waals surface area contributed by atoms with Crippen molar-refractivity contribution < 1.29 is 4.74 Å². The zero-order chi connectivity index (χ0) is 12.8. The van der Waals surface area contributed by atoms with Crippen molar-refractivity contribution in [3.8, 4) is 0 Å². The SMILES string of the molecule is CC1(n2c(=S)[nH]c3ccsc3c2=O)CCOCC1. The number of hydrogen-bond donors (Lipinski definition) is 1. The minimum Gasteiger partial charge on any atom is -0.381 e. The summed E-state index contributed by atoms with van der Waals surface area (Å²) < 4.78 is 8.38. The standard InChI is InChI=1S/C12H14N2O2S2/c1-12(3-5-16-6-4-12)14-10(15)9-8(2-7-18-9)13-11(14)17/h2,7H,3-6H2,1H3,(H,13,17). The third-order valence-corrected chi connectivity index (χ3v) is 4.80. The molecule has 0 bridgehead atoms. The van der Waals surface area contributed by atoms with Gasteiger partial charge in [-0.2, -0.15) is 0 Å². The number of ether oxygens (including phenoxy) is 1. The quantitative estimate of drug-likeness (QED) is 0.818. The number of rotatable bonds is 1. The van der Waals surface area contributed by atoms with Gasteiger partial charge in [0.05, 0.1) is 11.1 Å². The first kappa shape index (κ1) is 12.1. The Morgan fingerprint density at radius 2 is 2.22 bits per heavy atom. The predicted octanol–water partition coefficient (Wildman–Crippen LogP) is 2.65. The fraction of sp³-hybridized carbons (Fsp3) is 0.500. The summed E-state index contributed by atoms with van der Waals surface area (Å²) in [5, 5.41) is 1.91. The average Bonchev–Trinajstić information content (AvgIpc) is 2.77. The largest absolute Gasteiger partial charge is 0.381 e. The Morgan fingerprint density at radius 1 is 1.50 bits per heavy atom. The molecule has 0 amide bonds. The van der Waals surface area contributed by atoms with Crippen LogP contribution in [0.15, 0.2) is 16.2 Å². The Balaban J connectivity index is 2.28. The van der Waals surface area contributed by atoms with Gasteiger partial charge in [0.1, 0.15) is 4.70 Å². The molecule has 18 heavy (non-hydrogen) atoms. The van der Waals surface area contributed by atoms with Gasteiger partial charge in [-0.25, -0.2) is 0 Å². The highest BCUT2D eigenvalue weighted by Crippen LogP contribution is 2.28. The van der Waals surface area contributed by atoms with Gasteiger partial charge in [-0.1, -0.05) is 0 Å². The Hall–Kier alpha value is -0.980. The number of aromatic nitrogens is 2. The summed E-state index contributed by atoms with van der Waals surface area (Å²) in [7, 11) is 0. The maximum atomic E-state index is 12.6.